The van der Waals surface area contributed by atoms with Gasteiger partial charge in [-0.1, -0.05) is 24.3 Å². The number of benzene rings is 2. The first kappa shape index (κ1) is 18.1. The maximum absolute atomic E-state index is 12.9. The highest BCUT2D eigenvalue weighted by atomic mass is 35.5. The molecule has 0 N–H and O–H groups in total. The monoisotopic (exact) mass is 410 g/mol. The summed E-state index contributed by atoms with van der Waals surface area (Å²) in [6.07, 6.45) is 1.30. The number of aldehydes is 1. The van der Waals surface area contributed by atoms with Crippen LogP contribution in [0.5, 0.6) is 11.5 Å². The van der Waals surface area contributed by atoms with Crippen LogP contribution in [-0.2, 0) is 23.1 Å². The van der Waals surface area contributed by atoms with Gasteiger partial charge in [-0.15, -0.1) is 11.6 Å². The Morgan fingerprint density at radius 2 is 2.00 bits per heavy atom. The molecule has 2 atom stereocenters. The van der Waals surface area contributed by atoms with E-state index in [0.717, 1.165) is 34.0 Å². The van der Waals surface area contributed by atoms with Gasteiger partial charge in [0.25, 0.3) is 0 Å². The summed E-state index contributed by atoms with van der Waals surface area (Å²) in [6, 6.07) is 12.7. The molecule has 0 bridgehead atoms. The molecule has 7 heteroatoms. The number of rotatable bonds is 3. The minimum Gasteiger partial charge on any atom is -0.454 e. The van der Waals surface area contributed by atoms with Gasteiger partial charge in [-0.05, 0) is 29.3 Å². The van der Waals surface area contributed by atoms with E-state index in [1.54, 1.807) is 4.90 Å². The van der Waals surface area contributed by atoms with E-state index >= 15 is 0 Å². The van der Waals surface area contributed by atoms with Gasteiger partial charge in [0, 0.05) is 30.1 Å². The number of carbonyl (C=O) groups excluding carboxylic acids is 2. The molecular weight excluding hydrogens is 392 g/mol. The Labute approximate surface area is 172 Å². The molecule has 0 aliphatic carbocycles. The fourth-order valence-electron chi connectivity index (χ4n) is 4.60. The zero-order valence-corrected chi connectivity index (χ0v) is 16.6. The number of halogens is 1. The van der Waals surface area contributed by atoms with E-state index in [-0.39, 0.29) is 18.6 Å². The summed E-state index contributed by atoms with van der Waals surface area (Å²) in [7, 11) is 1.99. The quantitative estimate of drug-likeness (QED) is 0.491. The van der Waals surface area contributed by atoms with Crippen molar-refractivity contribution in [3.05, 3.63) is 59.3 Å². The Morgan fingerprint density at radius 3 is 2.79 bits per heavy atom. The number of aryl methyl sites for hydroxylation is 1. The molecule has 1 amide bonds. The van der Waals surface area contributed by atoms with Crippen molar-refractivity contribution in [2.24, 2.45) is 7.05 Å². The van der Waals surface area contributed by atoms with Crippen molar-refractivity contribution in [1.82, 2.24) is 9.47 Å². The minimum absolute atomic E-state index is 0.171. The summed E-state index contributed by atoms with van der Waals surface area (Å²) in [5, 5.41) is 1.10. The fraction of sp³-hybridized carbons (Fsp3) is 0.273. The van der Waals surface area contributed by atoms with Gasteiger partial charge >= 0.3 is 0 Å². The molecule has 0 spiro atoms. The lowest BCUT2D eigenvalue weighted by Gasteiger charge is -2.40. The van der Waals surface area contributed by atoms with Crippen molar-refractivity contribution in [1.29, 1.82) is 0 Å². The maximum atomic E-state index is 12.9. The van der Waals surface area contributed by atoms with Crippen LogP contribution in [0.25, 0.3) is 10.9 Å². The molecule has 0 saturated carbocycles. The van der Waals surface area contributed by atoms with Crippen LogP contribution in [0.1, 0.15) is 22.9 Å². The van der Waals surface area contributed by atoms with E-state index in [2.05, 4.69) is 10.6 Å². The van der Waals surface area contributed by atoms with Gasteiger partial charge in [0.2, 0.25) is 12.7 Å². The van der Waals surface area contributed by atoms with Crippen LogP contribution in [0.3, 0.4) is 0 Å². The van der Waals surface area contributed by atoms with Gasteiger partial charge in [0.15, 0.2) is 11.5 Å². The lowest BCUT2D eigenvalue weighted by molar-refractivity contribution is -0.136. The number of aromatic nitrogens is 1. The minimum atomic E-state index is -0.588. The van der Waals surface area contributed by atoms with E-state index in [1.807, 2.05) is 43.4 Å². The van der Waals surface area contributed by atoms with Crippen molar-refractivity contribution in [2.45, 2.75) is 18.5 Å². The fourth-order valence-corrected chi connectivity index (χ4v) is 4.74. The third kappa shape index (κ3) is 2.63. The molecular formula is C22H19ClN2O4. The molecule has 0 radical (unpaired) electrons. The van der Waals surface area contributed by atoms with E-state index in [4.69, 9.17) is 21.1 Å². The predicted octanol–water partition coefficient (Wildman–Crippen LogP) is 3.19. The summed E-state index contributed by atoms with van der Waals surface area (Å²) in [5.41, 5.74) is 3.99. The van der Waals surface area contributed by atoms with Crippen LogP contribution in [0.2, 0.25) is 0 Å². The SMILES string of the molecule is Cn1c2c(c3ccccc31)C[C@H](C=O)N(C(=O)CCl)[C@@H]2c1ccc2c(c1)OCO2. The summed E-state index contributed by atoms with van der Waals surface area (Å²) >= 11 is 5.94. The number of hydrogen-bond donors (Lipinski definition) is 0. The molecule has 2 aliphatic heterocycles. The molecule has 6 nitrogen and oxygen atoms in total. The highest BCUT2D eigenvalue weighted by molar-refractivity contribution is 6.27. The molecule has 5 rings (SSSR count). The average molecular weight is 411 g/mol. The van der Waals surface area contributed by atoms with Crippen LogP contribution in [0.15, 0.2) is 42.5 Å². The zero-order chi connectivity index (χ0) is 20.1. The van der Waals surface area contributed by atoms with Crippen molar-refractivity contribution in [2.75, 3.05) is 12.7 Å². The highest BCUT2D eigenvalue weighted by Gasteiger charge is 2.41. The van der Waals surface area contributed by atoms with Gasteiger partial charge in [-0.2, -0.15) is 0 Å². The van der Waals surface area contributed by atoms with Crippen molar-refractivity contribution in [3.63, 3.8) is 0 Å². The number of nitrogens with zero attached hydrogens (tertiary/aromatic N) is 2. The molecule has 29 heavy (non-hydrogen) atoms. The highest BCUT2D eigenvalue weighted by Crippen LogP contribution is 2.44. The lowest BCUT2D eigenvalue weighted by Crippen LogP contribution is -2.49. The molecule has 0 unspecified atom stereocenters. The van der Waals surface area contributed by atoms with Crippen molar-refractivity contribution >= 4 is 34.7 Å². The number of ether oxygens (including phenoxy) is 2. The Balaban J connectivity index is 1.79. The molecule has 2 aliphatic rings. The second-order valence-corrected chi connectivity index (χ2v) is 7.56. The zero-order valence-electron chi connectivity index (χ0n) is 15.8. The van der Waals surface area contributed by atoms with E-state index in [9.17, 15) is 9.59 Å². The normalized spacial score (nSPS) is 20.0. The number of hydrogen-bond acceptors (Lipinski definition) is 4. The number of carbonyl (C=O) groups is 2. The first-order chi connectivity index (χ1) is 14.1. The second-order valence-electron chi connectivity index (χ2n) is 7.30. The summed E-state index contributed by atoms with van der Waals surface area (Å²) < 4.78 is 13.1. The van der Waals surface area contributed by atoms with E-state index < -0.39 is 12.1 Å². The third-order valence-corrected chi connectivity index (χ3v) is 6.07. The molecule has 148 valence electrons. The van der Waals surface area contributed by atoms with E-state index in [0.29, 0.717) is 17.9 Å². The third-order valence-electron chi connectivity index (χ3n) is 5.84. The van der Waals surface area contributed by atoms with Crippen molar-refractivity contribution in [3.8, 4) is 11.5 Å². The molecule has 0 fully saturated rings. The van der Waals surface area contributed by atoms with Gasteiger partial charge in [-0.3, -0.25) is 4.79 Å². The second kappa shape index (κ2) is 6.81. The summed E-state index contributed by atoms with van der Waals surface area (Å²) in [4.78, 5) is 26.5. The standard InChI is InChI=1S/C22H19ClN2O4/c1-24-17-5-3-2-4-15(17)16-9-14(11-26)25(20(27)10-23)21(22(16)24)13-6-7-18-19(8-13)29-12-28-18/h2-8,11,14,21H,9-10,12H2,1H3/t14-,21-/m1/s1. The molecule has 0 saturated heterocycles. The summed E-state index contributed by atoms with van der Waals surface area (Å²) in [6.45, 7) is 0.171. The number of amides is 1. The first-order valence-corrected chi connectivity index (χ1v) is 9.95. The van der Waals surface area contributed by atoms with E-state index in [1.165, 1.54) is 0 Å². The molecule has 1 aromatic heterocycles. The Hall–Kier alpha value is -2.99. The lowest BCUT2D eigenvalue weighted by atomic mass is 9.88. The molecule has 3 aromatic rings. The largest absolute Gasteiger partial charge is 0.454 e. The number of fused-ring (bicyclic) bond motifs is 4. The Morgan fingerprint density at radius 1 is 1.21 bits per heavy atom. The topological polar surface area (TPSA) is 60.8 Å². The van der Waals surface area contributed by atoms with Gasteiger partial charge in [0.05, 0.1) is 12.1 Å². The maximum Gasteiger partial charge on any atom is 0.238 e. The van der Waals surface area contributed by atoms with Gasteiger partial charge in [0.1, 0.15) is 12.2 Å². The average Bonchev–Trinajstić information content (AvgIpc) is 3.34. The Bertz CT molecular complexity index is 1140. The predicted molar refractivity (Wildman–Crippen MR) is 108 cm³/mol. The smallest absolute Gasteiger partial charge is 0.238 e. The van der Waals surface area contributed by atoms with Gasteiger partial charge in [-0.25, -0.2) is 0 Å². The first-order valence-electron chi connectivity index (χ1n) is 9.42. The Kier molecular flexibility index (Phi) is 4.24. The van der Waals surface area contributed by atoms with Gasteiger partial charge < -0.3 is 23.7 Å². The summed E-state index contributed by atoms with van der Waals surface area (Å²) in [5.74, 6) is 0.839. The molecule has 3 heterocycles. The van der Waals surface area contributed by atoms with Crippen LogP contribution in [0.4, 0.5) is 0 Å². The van der Waals surface area contributed by atoms with Crippen molar-refractivity contribution < 1.29 is 19.1 Å². The van der Waals surface area contributed by atoms with Crippen LogP contribution >= 0.6 is 11.6 Å². The number of alkyl halides is 1. The number of para-hydroxylation sites is 1. The van der Waals surface area contributed by atoms with Crippen LogP contribution in [-0.4, -0.2) is 40.4 Å². The van der Waals surface area contributed by atoms with Crippen LogP contribution in [0, 0.1) is 0 Å². The van der Waals surface area contributed by atoms with Crippen LogP contribution < -0.4 is 9.47 Å². The molecule has 2 aromatic carbocycles.